The zero-order chi connectivity index (χ0) is 12.1. The van der Waals surface area contributed by atoms with Crippen molar-refractivity contribution in [3.05, 3.63) is 71.8 Å². The Balaban J connectivity index is 2.11. The van der Waals surface area contributed by atoms with Gasteiger partial charge in [0.15, 0.2) is 0 Å². The van der Waals surface area contributed by atoms with Crippen molar-refractivity contribution in [1.29, 1.82) is 0 Å². The van der Waals surface area contributed by atoms with Crippen molar-refractivity contribution in [2.45, 2.75) is 11.5 Å². The van der Waals surface area contributed by atoms with Gasteiger partial charge in [-0.25, -0.2) is 0 Å². The van der Waals surface area contributed by atoms with Crippen molar-refractivity contribution in [2.24, 2.45) is 0 Å². The molecule has 88 valence electrons. The second-order valence-electron chi connectivity index (χ2n) is 4.00. The lowest BCUT2D eigenvalue weighted by Gasteiger charge is -2.10. The maximum atomic E-state index is 5.61. The van der Waals surface area contributed by atoms with Gasteiger partial charge >= 0.3 is 0 Å². The van der Waals surface area contributed by atoms with Crippen LogP contribution in [0.4, 0.5) is 0 Å². The topological polar surface area (TPSA) is 0 Å². The molecule has 0 N–H and O–H groups in total. The third-order valence-corrected chi connectivity index (χ3v) is 5.42. The van der Waals surface area contributed by atoms with E-state index in [1.165, 1.54) is 11.1 Å². The van der Waals surface area contributed by atoms with Crippen LogP contribution in [-0.4, -0.2) is 0 Å². The molecular formula is C14H14S3. The molecule has 0 aromatic heterocycles. The molecule has 0 aliphatic carbocycles. The van der Waals surface area contributed by atoms with Gasteiger partial charge in [-0.15, -0.1) is 0 Å². The Labute approximate surface area is 112 Å². The fourth-order valence-corrected chi connectivity index (χ4v) is 4.84. The number of rotatable bonds is 4. The molecule has 0 aliphatic rings. The van der Waals surface area contributed by atoms with E-state index in [9.17, 15) is 0 Å². The molecule has 0 fully saturated rings. The molecule has 0 saturated carbocycles. The molecule has 0 aliphatic heterocycles. The predicted octanol–water partition coefficient (Wildman–Crippen LogP) is 3.46. The molecule has 0 spiro atoms. The van der Waals surface area contributed by atoms with Crippen molar-refractivity contribution in [3.63, 3.8) is 0 Å². The monoisotopic (exact) mass is 278 g/mol. The average molecular weight is 278 g/mol. The Morgan fingerprint density at radius 3 is 1.35 bits per heavy atom. The summed E-state index contributed by atoms with van der Waals surface area (Å²) < 4.78 is 0. The van der Waals surface area contributed by atoms with E-state index in [0.717, 1.165) is 11.5 Å². The fraction of sp³-hybridized carbons (Fsp3) is 0.143. The molecule has 0 radical (unpaired) electrons. The molecule has 2 aromatic rings. The van der Waals surface area contributed by atoms with Gasteiger partial charge in [0.2, 0.25) is 0 Å². The lowest BCUT2D eigenvalue weighted by atomic mass is 10.2. The zero-order valence-electron chi connectivity index (χ0n) is 9.41. The number of hydrogen-bond donors (Lipinski definition) is 0. The van der Waals surface area contributed by atoms with Gasteiger partial charge in [0.1, 0.15) is 0 Å². The maximum Gasteiger partial charge on any atom is 0.0275 e. The van der Waals surface area contributed by atoms with Gasteiger partial charge in [-0.05, 0) is 33.5 Å². The molecule has 2 aromatic carbocycles. The summed E-state index contributed by atoms with van der Waals surface area (Å²) in [6.45, 7) is 0. The summed E-state index contributed by atoms with van der Waals surface area (Å²) in [5.41, 5.74) is 2.51. The summed E-state index contributed by atoms with van der Waals surface area (Å²) in [6.07, 6.45) is 0. The molecule has 2 rings (SSSR count). The standard InChI is InChI=1S/C14H14S3/c15-17(16,11-13-7-3-1-4-8-13)12-14-9-5-2-6-10-14/h1-10H,11-12H2. The van der Waals surface area contributed by atoms with Gasteiger partial charge < -0.3 is 0 Å². The highest BCUT2D eigenvalue weighted by Gasteiger charge is 2.05. The fourth-order valence-electron chi connectivity index (χ4n) is 1.71. The Morgan fingerprint density at radius 2 is 1.00 bits per heavy atom. The molecule has 0 unspecified atom stereocenters. The first-order valence-electron chi connectivity index (χ1n) is 5.44. The number of hydrogen-bond acceptors (Lipinski definition) is 2. The van der Waals surface area contributed by atoms with E-state index in [-0.39, 0.29) is 0 Å². The third kappa shape index (κ3) is 4.19. The molecule has 0 bridgehead atoms. The summed E-state index contributed by atoms with van der Waals surface area (Å²) in [6, 6.07) is 20.6. The minimum atomic E-state index is -1.42. The van der Waals surface area contributed by atoms with Crippen LogP contribution < -0.4 is 0 Å². The molecule has 0 heterocycles. The van der Waals surface area contributed by atoms with Gasteiger partial charge in [0, 0.05) is 11.5 Å². The van der Waals surface area contributed by atoms with E-state index >= 15 is 0 Å². The van der Waals surface area contributed by atoms with Gasteiger partial charge in [0.25, 0.3) is 0 Å². The molecule has 0 amide bonds. The Morgan fingerprint density at radius 1 is 0.647 bits per heavy atom. The second-order valence-corrected chi connectivity index (χ2v) is 10.5. The van der Waals surface area contributed by atoms with Crippen molar-refractivity contribution in [2.75, 3.05) is 0 Å². The minimum Gasteiger partial charge on any atom is -0.0811 e. The predicted molar refractivity (Wildman–Crippen MR) is 82.4 cm³/mol. The van der Waals surface area contributed by atoms with Crippen LogP contribution in [0.2, 0.25) is 0 Å². The Kier molecular flexibility index (Phi) is 4.26. The first-order chi connectivity index (χ1) is 8.16. The van der Waals surface area contributed by atoms with Crippen LogP contribution in [0.1, 0.15) is 11.1 Å². The van der Waals surface area contributed by atoms with E-state index < -0.39 is 7.15 Å². The maximum absolute atomic E-state index is 5.61. The van der Waals surface area contributed by atoms with Crippen LogP contribution in [0, 0.1) is 0 Å². The SMILES string of the molecule is S=S(=S)(Cc1ccccc1)Cc1ccccc1. The first kappa shape index (κ1) is 12.7. The first-order valence-corrected chi connectivity index (χ1v) is 9.26. The molecule has 0 saturated heterocycles. The minimum absolute atomic E-state index is 0.841. The van der Waals surface area contributed by atoms with Crippen LogP contribution in [-0.2, 0) is 41.0 Å². The van der Waals surface area contributed by atoms with Crippen molar-refractivity contribution >= 4 is 29.5 Å². The Bertz CT molecular complexity index is 509. The van der Waals surface area contributed by atoms with Crippen molar-refractivity contribution < 1.29 is 0 Å². The van der Waals surface area contributed by atoms with Crippen molar-refractivity contribution in [1.82, 2.24) is 0 Å². The summed E-state index contributed by atoms with van der Waals surface area (Å²) in [5.74, 6) is 1.68. The summed E-state index contributed by atoms with van der Waals surface area (Å²) in [7, 11) is -1.42. The van der Waals surface area contributed by atoms with E-state index in [4.69, 9.17) is 22.4 Å². The smallest absolute Gasteiger partial charge is 0.0275 e. The van der Waals surface area contributed by atoms with Crippen LogP contribution in [0.15, 0.2) is 60.7 Å². The summed E-state index contributed by atoms with van der Waals surface area (Å²) in [5, 5.41) is 0. The highest BCUT2D eigenvalue weighted by molar-refractivity contribution is 8.55. The molecule has 0 atom stereocenters. The molecular weight excluding hydrogens is 264 g/mol. The van der Waals surface area contributed by atoms with Crippen LogP contribution >= 0.6 is 0 Å². The highest BCUT2D eigenvalue weighted by Crippen LogP contribution is 2.13. The molecule has 3 heteroatoms. The van der Waals surface area contributed by atoms with E-state index in [1.807, 2.05) is 36.4 Å². The van der Waals surface area contributed by atoms with Gasteiger partial charge in [-0.1, -0.05) is 67.8 Å². The highest BCUT2D eigenvalue weighted by atomic mass is 33.1. The van der Waals surface area contributed by atoms with E-state index in [0.29, 0.717) is 0 Å². The number of benzene rings is 2. The van der Waals surface area contributed by atoms with Gasteiger partial charge in [-0.2, -0.15) is 0 Å². The van der Waals surface area contributed by atoms with Crippen LogP contribution in [0.5, 0.6) is 0 Å². The van der Waals surface area contributed by atoms with Crippen LogP contribution in [0.3, 0.4) is 0 Å². The van der Waals surface area contributed by atoms with Gasteiger partial charge in [-0.3, -0.25) is 0 Å². The van der Waals surface area contributed by atoms with Crippen molar-refractivity contribution in [3.8, 4) is 0 Å². The molecule has 0 nitrogen and oxygen atoms in total. The normalized spacial score (nSPS) is 11.3. The Hall–Kier alpha value is -0.770. The quantitative estimate of drug-likeness (QED) is 0.840. The lowest BCUT2D eigenvalue weighted by molar-refractivity contribution is 1.36. The van der Waals surface area contributed by atoms with E-state index in [1.54, 1.807) is 0 Å². The van der Waals surface area contributed by atoms with E-state index in [2.05, 4.69) is 24.3 Å². The third-order valence-electron chi connectivity index (χ3n) is 2.46. The summed E-state index contributed by atoms with van der Waals surface area (Å²) >= 11 is 11.2. The largest absolute Gasteiger partial charge is 0.0811 e. The van der Waals surface area contributed by atoms with Gasteiger partial charge in [0.05, 0.1) is 0 Å². The van der Waals surface area contributed by atoms with Crippen LogP contribution in [0.25, 0.3) is 0 Å². The second kappa shape index (κ2) is 5.71. The zero-order valence-corrected chi connectivity index (χ0v) is 11.9. The molecule has 17 heavy (non-hydrogen) atoms. The lowest BCUT2D eigenvalue weighted by Crippen LogP contribution is -2.04. The average Bonchev–Trinajstić information content (AvgIpc) is 2.30. The summed E-state index contributed by atoms with van der Waals surface area (Å²) in [4.78, 5) is 0.